The van der Waals surface area contributed by atoms with Crippen molar-refractivity contribution >= 4 is 70.6 Å². The molecule has 0 fully saturated rings. The zero-order chi connectivity index (χ0) is 30.5. The topological polar surface area (TPSA) is 77.4 Å². The van der Waals surface area contributed by atoms with Gasteiger partial charge in [-0.05, 0) is 73.9 Å². The van der Waals surface area contributed by atoms with Gasteiger partial charge in [0.2, 0.25) is 0 Å². The largest absolute Gasteiger partial charge is 0.491 e. The molecule has 2 unspecified atom stereocenters. The van der Waals surface area contributed by atoms with Gasteiger partial charge in [0.15, 0.2) is 0 Å². The summed E-state index contributed by atoms with van der Waals surface area (Å²) in [5.74, 6) is 2.69. The lowest BCUT2D eigenvalue weighted by Gasteiger charge is -2.19. The lowest BCUT2D eigenvalue weighted by molar-refractivity contribution is 0.0581. The number of hydrogen-bond donors (Lipinski definition) is 2. The van der Waals surface area contributed by atoms with Crippen molar-refractivity contribution in [2.24, 2.45) is 0 Å². The summed E-state index contributed by atoms with van der Waals surface area (Å²) in [6.07, 6.45) is 10.5. The minimum Gasteiger partial charge on any atom is -0.491 e. The molecule has 3 aromatic rings. The van der Waals surface area contributed by atoms with E-state index < -0.39 is 12.2 Å². The zero-order valence-electron chi connectivity index (χ0n) is 24.6. The molecule has 0 spiro atoms. The Labute approximate surface area is 275 Å². The van der Waals surface area contributed by atoms with Crippen LogP contribution in [0.4, 0.5) is 0 Å². The van der Waals surface area contributed by atoms with E-state index in [4.69, 9.17) is 18.9 Å². The minimum absolute atomic E-state index is 0.0664. The number of aliphatic hydroxyl groups is 2. The Kier molecular flexibility index (Phi) is 15.7. The van der Waals surface area contributed by atoms with Gasteiger partial charge >= 0.3 is 0 Å². The van der Waals surface area contributed by atoms with Crippen LogP contribution in [0.25, 0.3) is 0 Å². The lowest BCUT2D eigenvalue weighted by atomic mass is 10.3. The lowest BCUT2D eigenvalue weighted by Crippen LogP contribution is -2.26. The molecule has 42 heavy (non-hydrogen) atoms. The van der Waals surface area contributed by atoms with Crippen molar-refractivity contribution < 1.29 is 29.2 Å². The third kappa shape index (κ3) is 10.5. The van der Waals surface area contributed by atoms with Crippen LogP contribution in [0.5, 0.6) is 23.0 Å². The molecule has 3 rings (SSSR count). The molecule has 230 valence electrons. The normalized spacial score (nSPS) is 12.6. The molecule has 0 aliphatic heterocycles. The summed E-state index contributed by atoms with van der Waals surface area (Å²) in [6, 6.07) is 15.6. The van der Waals surface area contributed by atoms with Crippen LogP contribution in [0, 0.1) is 0 Å². The van der Waals surface area contributed by atoms with Crippen LogP contribution in [0.2, 0.25) is 0 Å². The van der Waals surface area contributed by atoms with Gasteiger partial charge in [-0.2, -0.15) is 0 Å². The van der Waals surface area contributed by atoms with Crippen molar-refractivity contribution in [3.05, 3.63) is 48.5 Å². The molecular formula is C30H38O6S6. The van der Waals surface area contributed by atoms with Crippen LogP contribution >= 0.6 is 70.6 Å². The SMILES string of the molecule is CSc1cc(SC)c(OCC(O)COc2cccc(OCC(O)COc3c(SC)cc(SC)cc3SC)c2)c(SC)c1. The molecule has 0 heterocycles. The van der Waals surface area contributed by atoms with E-state index in [1.54, 1.807) is 88.8 Å². The molecule has 0 amide bonds. The number of benzene rings is 3. The maximum atomic E-state index is 10.6. The summed E-state index contributed by atoms with van der Waals surface area (Å²) >= 11 is 9.88. The summed E-state index contributed by atoms with van der Waals surface area (Å²) in [4.78, 5) is 6.52. The number of aliphatic hydroxyl groups excluding tert-OH is 2. The van der Waals surface area contributed by atoms with Gasteiger partial charge in [-0.15, -0.1) is 70.6 Å². The van der Waals surface area contributed by atoms with Crippen molar-refractivity contribution in [3.63, 3.8) is 0 Å². The molecule has 0 saturated heterocycles. The van der Waals surface area contributed by atoms with E-state index in [0.717, 1.165) is 31.1 Å². The second-order valence-corrected chi connectivity index (χ2v) is 13.9. The maximum Gasteiger partial charge on any atom is 0.146 e. The third-order valence-electron chi connectivity index (χ3n) is 5.87. The zero-order valence-corrected chi connectivity index (χ0v) is 29.5. The number of rotatable bonds is 18. The molecule has 0 aliphatic rings. The van der Waals surface area contributed by atoms with Crippen LogP contribution in [-0.2, 0) is 0 Å². The number of thioether (sulfide) groups is 6. The van der Waals surface area contributed by atoms with Crippen molar-refractivity contribution in [3.8, 4) is 23.0 Å². The van der Waals surface area contributed by atoms with Gasteiger partial charge in [-0.3, -0.25) is 0 Å². The van der Waals surface area contributed by atoms with Crippen LogP contribution in [0.15, 0.2) is 77.9 Å². The molecule has 0 bridgehead atoms. The highest BCUT2D eigenvalue weighted by atomic mass is 32.2. The van der Waals surface area contributed by atoms with E-state index >= 15 is 0 Å². The number of hydrogen-bond acceptors (Lipinski definition) is 12. The molecule has 6 nitrogen and oxygen atoms in total. The third-order valence-corrected chi connectivity index (χ3v) is 10.3. The average molecular weight is 687 g/mol. The summed E-state index contributed by atoms with van der Waals surface area (Å²) in [7, 11) is 0. The van der Waals surface area contributed by atoms with Gasteiger partial charge in [0.1, 0.15) is 61.6 Å². The first-order valence-electron chi connectivity index (χ1n) is 12.9. The van der Waals surface area contributed by atoms with Crippen LogP contribution < -0.4 is 18.9 Å². The van der Waals surface area contributed by atoms with Crippen molar-refractivity contribution in [1.82, 2.24) is 0 Å². The first-order valence-corrected chi connectivity index (χ1v) is 20.3. The fourth-order valence-corrected chi connectivity index (χ4v) is 7.49. The van der Waals surface area contributed by atoms with E-state index in [1.807, 2.05) is 31.1 Å². The Morgan fingerprint density at radius 1 is 0.500 bits per heavy atom. The second-order valence-electron chi connectivity index (χ2n) is 8.75. The predicted molar refractivity (Wildman–Crippen MR) is 184 cm³/mol. The Morgan fingerprint density at radius 2 is 0.833 bits per heavy atom. The number of ether oxygens (including phenoxy) is 4. The highest BCUT2D eigenvalue weighted by Crippen LogP contribution is 2.41. The molecule has 0 aliphatic carbocycles. The molecule has 3 aromatic carbocycles. The van der Waals surface area contributed by atoms with E-state index in [1.165, 1.54) is 9.79 Å². The molecule has 0 radical (unpaired) electrons. The van der Waals surface area contributed by atoms with Gasteiger partial charge < -0.3 is 29.2 Å². The Morgan fingerprint density at radius 3 is 1.14 bits per heavy atom. The van der Waals surface area contributed by atoms with Crippen LogP contribution in [-0.4, -0.2) is 86.4 Å². The van der Waals surface area contributed by atoms with E-state index in [0.29, 0.717) is 11.5 Å². The standard InChI is InChI=1S/C30H38O6S6/c1-37-23-11-25(39-3)29(26(12-23)40-4)35-17-19(31)15-33-21-8-7-9-22(10-21)34-16-20(32)18-36-30-27(41-5)13-24(38-2)14-28(30)42-6/h7-14,19-20,31-32H,15-18H2,1-6H3. The van der Waals surface area contributed by atoms with Gasteiger partial charge in [0.25, 0.3) is 0 Å². The molecule has 0 saturated carbocycles. The Hall–Kier alpha value is -1.12. The maximum absolute atomic E-state index is 10.6. The average Bonchev–Trinajstić information content (AvgIpc) is 3.03. The summed E-state index contributed by atoms with van der Waals surface area (Å²) < 4.78 is 23.7. The first kappa shape index (κ1) is 35.4. The van der Waals surface area contributed by atoms with Crippen molar-refractivity contribution in [2.45, 2.75) is 41.6 Å². The predicted octanol–water partition coefficient (Wildman–Crippen LogP) is 7.66. The van der Waals surface area contributed by atoms with Gasteiger partial charge in [0.05, 0.1) is 19.6 Å². The fourth-order valence-electron chi connectivity index (χ4n) is 3.73. The second kappa shape index (κ2) is 18.6. The van der Waals surface area contributed by atoms with E-state index in [-0.39, 0.29) is 26.4 Å². The molecule has 0 aromatic heterocycles. The molecular weight excluding hydrogens is 649 g/mol. The fraction of sp³-hybridized carbons (Fsp3) is 0.400. The highest BCUT2D eigenvalue weighted by molar-refractivity contribution is 8.00. The van der Waals surface area contributed by atoms with Crippen molar-refractivity contribution in [2.75, 3.05) is 64.0 Å². The molecule has 12 heteroatoms. The van der Waals surface area contributed by atoms with Crippen LogP contribution in [0.3, 0.4) is 0 Å². The van der Waals surface area contributed by atoms with Gasteiger partial charge in [-0.25, -0.2) is 0 Å². The summed E-state index contributed by atoms with van der Waals surface area (Å²) in [5, 5.41) is 21.1. The summed E-state index contributed by atoms with van der Waals surface area (Å²) in [5.41, 5.74) is 0. The Balaban J connectivity index is 1.49. The quantitative estimate of drug-likeness (QED) is 0.129. The van der Waals surface area contributed by atoms with Crippen LogP contribution in [0.1, 0.15) is 0 Å². The van der Waals surface area contributed by atoms with E-state index in [2.05, 4.69) is 36.8 Å². The Bertz CT molecular complexity index is 1130. The first-order chi connectivity index (χ1) is 20.3. The molecule has 2 atom stereocenters. The monoisotopic (exact) mass is 686 g/mol. The van der Waals surface area contributed by atoms with E-state index in [9.17, 15) is 10.2 Å². The van der Waals surface area contributed by atoms with Crippen molar-refractivity contribution in [1.29, 1.82) is 0 Å². The molecule has 2 N–H and O–H groups in total. The minimum atomic E-state index is -0.819. The van der Waals surface area contributed by atoms with Gasteiger partial charge in [-0.1, -0.05) is 6.07 Å². The summed E-state index contributed by atoms with van der Waals surface area (Å²) in [6.45, 7) is 0.352. The smallest absolute Gasteiger partial charge is 0.146 e. The van der Waals surface area contributed by atoms with Gasteiger partial charge in [0, 0.05) is 15.9 Å². The highest BCUT2D eigenvalue weighted by Gasteiger charge is 2.16.